The Bertz CT molecular complexity index is 533. The van der Waals surface area contributed by atoms with Crippen molar-refractivity contribution in [2.75, 3.05) is 11.5 Å². The first-order valence-corrected chi connectivity index (χ1v) is 12.0. The second-order valence-electron chi connectivity index (χ2n) is 9.81. The number of fused-ring (bicyclic) bond motifs is 4. The number of thioether (sulfide) groups is 2. The van der Waals surface area contributed by atoms with E-state index >= 15 is 0 Å². The molecular weight excluding hydrogens is 352 g/mol. The molecule has 0 aromatic heterocycles. The maximum absolute atomic E-state index is 11.5. The Morgan fingerprint density at radius 1 is 0.880 bits per heavy atom. The highest BCUT2D eigenvalue weighted by Crippen LogP contribution is 2.66. The normalized spacial score (nSPS) is 51.6. The van der Waals surface area contributed by atoms with Crippen LogP contribution in [0.2, 0.25) is 0 Å². The van der Waals surface area contributed by atoms with Crippen LogP contribution < -0.4 is 0 Å². The summed E-state index contributed by atoms with van der Waals surface area (Å²) < 4.78 is 0.124. The lowest BCUT2D eigenvalue weighted by atomic mass is 9.60. The van der Waals surface area contributed by atoms with E-state index in [1.165, 1.54) is 24.3 Å². The molecule has 4 fully saturated rings. The average molecular weight is 387 g/mol. The summed E-state index contributed by atoms with van der Waals surface area (Å²) in [6, 6.07) is 0. The first-order chi connectivity index (χ1) is 11.7. The van der Waals surface area contributed by atoms with Gasteiger partial charge >= 0.3 is 0 Å². The van der Waals surface area contributed by atoms with Gasteiger partial charge in [0.15, 0.2) is 0 Å². The van der Waals surface area contributed by atoms with Gasteiger partial charge in [-0.15, -0.1) is 23.5 Å². The molecule has 0 radical (unpaired) electrons. The number of hydrogen-bond donors (Lipinski definition) is 3. The molecule has 0 amide bonds. The van der Waals surface area contributed by atoms with E-state index in [0.717, 1.165) is 19.3 Å². The molecule has 0 unspecified atom stereocenters. The molecule has 3 nitrogen and oxygen atoms in total. The molecular formula is C20H34O3S2. The van der Waals surface area contributed by atoms with Gasteiger partial charge in [-0.1, -0.05) is 27.2 Å². The molecule has 2 bridgehead atoms. The summed E-state index contributed by atoms with van der Waals surface area (Å²) in [5.41, 5.74) is -1.52. The zero-order valence-electron chi connectivity index (χ0n) is 15.8. The Morgan fingerprint density at radius 3 is 2.24 bits per heavy atom. The number of aliphatic hydroxyl groups excluding tert-OH is 2. The number of aliphatic hydroxyl groups is 3. The SMILES string of the molecule is CC1(C)[C@@H]2CC[C@@]1(O)[C@@H](O)C[C@H]1C3(CCC[C@@]1(C)[C@@H](O)C2)SCCS3. The van der Waals surface area contributed by atoms with Gasteiger partial charge in [0, 0.05) is 11.5 Å². The fourth-order valence-electron chi connectivity index (χ4n) is 6.63. The van der Waals surface area contributed by atoms with E-state index in [1.54, 1.807) is 0 Å². The van der Waals surface area contributed by atoms with Gasteiger partial charge in [-0.3, -0.25) is 0 Å². The summed E-state index contributed by atoms with van der Waals surface area (Å²) >= 11 is 4.11. The Balaban J connectivity index is 1.78. The molecule has 144 valence electrons. The molecule has 5 heteroatoms. The average Bonchev–Trinajstić information content (AvgIpc) is 3.10. The third kappa shape index (κ3) is 2.52. The molecule has 25 heavy (non-hydrogen) atoms. The summed E-state index contributed by atoms with van der Waals surface area (Å²) in [5, 5.41) is 34.1. The molecule has 0 aromatic carbocycles. The lowest BCUT2D eigenvalue weighted by molar-refractivity contribution is -0.147. The van der Waals surface area contributed by atoms with Gasteiger partial charge in [-0.25, -0.2) is 0 Å². The highest BCUT2D eigenvalue weighted by Gasteiger charge is 2.64. The van der Waals surface area contributed by atoms with Crippen molar-refractivity contribution in [1.29, 1.82) is 0 Å². The van der Waals surface area contributed by atoms with E-state index in [0.29, 0.717) is 12.8 Å². The predicted octanol–water partition coefficient (Wildman–Crippen LogP) is 3.65. The number of rotatable bonds is 0. The second-order valence-corrected chi connectivity index (χ2v) is 12.9. The van der Waals surface area contributed by atoms with Crippen molar-refractivity contribution in [3.63, 3.8) is 0 Å². The van der Waals surface area contributed by atoms with Crippen LogP contribution in [0.15, 0.2) is 0 Å². The minimum atomic E-state index is -1.02. The van der Waals surface area contributed by atoms with Crippen LogP contribution >= 0.6 is 23.5 Å². The van der Waals surface area contributed by atoms with Gasteiger partial charge in [0.05, 0.1) is 21.9 Å². The van der Waals surface area contributed by atoms with Gasteiger partial charge in [0.25, 0.3) is 0 Å². The highest BCUT2D eigenvalue weighted by molar-refractivity contribution is 8.21. The zero-order valence-corrected chi connectivity index (χ0v) is 17.5. The third-order valence-electron chi connectivity index (χ3n) is 8.63. The van der Waals surface area contributed by atoms with Crippen LogP contribution in [-0.2, 0) is 0 Å². The fourth-order valence-corrected chi connectivity index (χ4v) is 10.5. The van der Waals surface area contributed by atoms with Crippen LogP contribution in [0.25, 0.3) is 0 Å². The van der Waals surface area contributed by atoms with E-state index in [9.17, 15) is 15.3 Å². The Morgan fingerprint density at radius 2 is 1.56 bits per heavy atom. The minimum Gasteiger partial charge on any atom is -0.393 e. The lowest BCUT2D eigenvalue weighted by Crippen LogP contribution is -2.55. The Kier molecular flexibility index (Phi) is 4.57. The largest absolute Gasteiger partial charge is 0.393 e. The molecule has 4 rings (SSSR count). The van der Waals surface area contributed by atoms with Crippen molar-refractivity contribution in [2.45, 2.75) is 87.6 Å². The molecule has 3 N–H and O–H groups in total. The molecule has 4 aliphatic rings. The zero-order chi connectivity index (χ0) is 18.1. The maximum Gasteiger partial charge on any atom is 0.0958 e. The Hall–Kier alpha value is 0.580. The van der Waals surface area contributed by atoms with E-state index < -0.39 is 11.7 Å². The molecule has 6 atom stereocenters. The molecule has 3 aliphatic carbocycles. The first-order valence-electron chi connectivity index (χ1n) is 10.0. The summed E-state index contributed by atoms with van der Waals surface area (Å²) in [5.74, 6) is 2.87. The quantitative estimate of drug-likeness (QED) is 0.593. The number of hydrogen-bond acceptors (Lipinski definition) is 5. The van der Waals surface area contributed by atoms with E-state index in [-0.39, 0.29) is 32.8 Å². The lowest BCUT2D eigenvalue weighted by Gasteiger charge is -2.54. The standard InChI is InChI=1S/C20H34O3S2/c1-17(2)13-5-8-19(17,23)16(22)12-14-18(3,15(21)11-13)6-4-7-20(14)24-9-10-25-20/h13-16,21-23H,4-12H2,1-3H3/t13-,14-,15+,16+,18-,19-/m1/s1. The van der Waals surface area contributed by atoms with E-state index in [4.69, 9.17) is 0 Å². The van der Waals surface area contributed by atoms with Crippen molar-refractivity contribution in [3.05, 3.63) is 0 Å². The van der Waals surface area contributed by atoms with Crippen LogP contribution in [0.4, 0.5) is 0 Å². The predicted molar refractivity (Wildman–Crippen MR) is 106 cm³/mol. The maximum atomic E-state index is 11.5. The third-order valence-corrected chi connectivity index (χ3v) is 12.4. The molecule has 1 aliphatic heterocycles. The Labute approximate surface area is 160 Å². The van der Waals surface area contributed by atoms with Crippen molar-refractivity contribution in [2.24, 2.45) is 22.7 Å². The van der Waals surface area contributed by atoms with E-state index in [1.807, 2.05) is 0 Å². The topological polar surface area (TPSA) is 60.7 Å². The van der Waals surface area contributed by atoms with Crippen LogP contribution in [0.1, 0.15) is 65.7 Å². The van der Waals surface area contributed by atoms with Crippen LogP contribution in [0.3, 0.4) is 0 Å². The van der Waals surface area contributed by atoms with E-state index in [2.05, 4.69) is 44.3 Å². The van der Waals surface area contributed by atoms with Gasteiger partial charge in [-0.05, 0) is 61.2 Å². The smallest absolute Gasteiger partial charge is 0.0958 e. The second kappa shape index (κ2) is 6.04. The van der Waals surface area contributed by atoms with Gasteiger partial charge in [-0.2, -0.15) is 0 Å². The fraction of sp³-hybridized carbons (Fsp3) is 1.00. The minimum absolute atomic E-state index is 0.124. The molecule has 0 aromatic rings. The van der Waals surface area contributed by atoms with Gasteiger partial charge < -0.3 is 15.3 Å². The van der Waals surface area contributed by atoms with Crippen LogP contribution in [0, 0.1) is 22.7 Å². The van der Waals surface area contributed by atoms with Crippen molar-refractivity contribution >= 4 is 23.5 Å². The first kappa shape index (κ1) is 18.9. The summed E-state index contributed by atoms with van der Waals surface area (Å²) in [7, 11) is 0. The molecule has 1 heterocycles. The van der Waals surface area contributed by atoms with Crippen molar-refractivity contribution < 1.29 is 15.3 Å². The monoisotopic (exact) mass is 386 g/mol. The molecule has 1 spiro atoms. The summed E-state index contributed by atoms with van der Waals surface area (Å²) in [6.45, 7) is 6.48. The molecule has 3 saturated carbocycles. The van der Waals surface area contributed by atoms with Gasteiger partial charge in [0.1, 0.15) is 0 Å². The van der Waals surface area contributed by atoms with Crippen LogP contribution in [0.5, 0.6) is 0 Å². The van der Waals surface area contributed by atoms with Crippen LogP contribution in [-0.4, -0.2) is 48.7 Å². The van der Waals surface area contributed by atoms with Crippen molar-refractivity contribution in [1.82, 2.24) is 0 Å². The van der Waals surface area contributed by atoms with Crippen molar-refractivity contribution in [3.8, 4) is 0 Å². The summed E-state index contributed by atoms with van der Waals surface area (Å²) in [6.07, 6.45) is 5.31. The summed E-state index contributed by atoms with van der Waals surface area (Å²) in [4.78, 5) is 0. The van der Waals surface area contributed by atoms with Gasteiger partial charge in [0.2, 0.25) is 0 Å². The highest BCUT2D eigenvalue weighted by atomic mass is 32.2. The molecule has 1 saturated heterocycles.